The predicted octanol–water partition coefficient (Wildman–Crippen LogP) is 2.68. The molecular weight excluding hydrogens is 216 g/mol. The van der Waals surface area contributed by atoms with Crippen LogP contribution >= 0.6 is 0 Å². The van der Waals surface area contributed by atoms with E-state index in [0.717, 1.165) is 12.0 Å². The van der Waals surface area contributed by atoms with Gasteiger partial charge in [-0.2, -0.15) is 0 Å². The van der Waals surface area contributed by atoms with Gasteiger partial charge >= 0.3 is 5.97 Å². The smallest absolute Gasteiger partial charge is 0.307 e. The van der Waals surface area contributed by atoms with E-state index in [9.17, 15) is 9.59 Å². The molecule has 0 unspecified atom stereocenters. The first kappa shape index (κ1) is 11.8. The second-order valence-corrected chi connectivity index (χ2v) is 4.66. The molecule has 1 aromatic carbocycles. The van der Waals surface area contributed by atoms with Crippen molar-refractivity contribution >= 4 is 11.8 Å². The highest BCUT2D eigenvalue weighted by molar-refractivity contribution is 6.01. The van der Waals surface area contributed by atoms with Crippen molar-refractivity contribution in [2.24, 2.45) is 11.8 Å². The summed E-state index contributed by atoms with van der Waals surface area (Å²) >= 11 is 0. The van der Waals surface area contributed by atoms with Crippen LogP contribution in [0.1, 0.15) is 35.2 Å². The lowest BCUT2D eigenvalue weighted by Crippen LogP contribution is -2.25. The zero-order chi connectivity index (χ0) is 12.4. The number of carboxylic acid groups (broad SMARTS) is 1. The van der Waals surface area contributed by atoms with E-state index in [2.05, 4.69) is 0 Å². The third kappa shape index (κ3) is 2.23. The Kier molecular flexibility index (Phi) is 3.27. The number of hydrogen-bond acceptors (Lipinski definition) is 2. The molecule has 1 fully saturated rings. The Morgan fingerprint density at radius 2 is 1.82 bits per heavy atom. The van der Waals surface area contributed by atoms with Crippen LogP contribution in [0.4, 0.5) is 0 Å². The average molecular weight is 232 g/mol. The van der Waals surface area contributed by atoms with Gasteiger partial charge in [-0.25, -0.2) is 0 Å². The van der Waals surface area contributed by atoms with Crippen LogP contribution in [0.2, 0.25) is 0 Å². The lowest BCUT2D eigenvalue weighted by molar-refractivity contribution is -0.142. The molecule has 0 heterocycles. The summed E-state index contributed by atoms with van der Waals surface area (Å²) in [7, 11) is 0. The molecule has 0 spiro atoms. The summed E-state index contributed by atoms with van der Waals surface area (Å²) in [5, 5.41) is 9.10. The van der Waals surface area contributed by atoms with Gasteiger partial charge in [-0.15, -0.1) is 0 Å². The van der Waals surface area contributed by atoms with Crippen molar-refractivity contribution in [3.63, 3.8) is 0 Å². The molecule has 2 atom stereocenters. The second kappa shape index (κ2) is 4.70. The summed E-state index contributed by atoms with van der Waals surface area (Å²) < 4.78 is 0. The maximum Gasteiger partial charge on any atom is 0.307 e. The van der Waals surface area contributed by atoms with Crippen LogP contribution in [0.5, 0.6) is 0 Å². The number of carboxylic acids is 1. The van der Waals surface area contributed by atoms with Gasteiger partial charge in [0, 0.05) is 11.5 Å². The van der Waals surface area contributed by atoms with E-state index in [1.54, 1.807) is 6.07 Å². The molecule has 1 aliphatic rings. The van der Waals surface area contributed by atoms with Crippen molar-refractivity contribution in [1.82, 2.24) is 0 Å². The number of carbonyl (C=O) groups is 2. The lowest BCUT2D eigenvalue weighted by Gasteiger charge is -2.15. The predicted molar refractivity (Wildman–Crippen MR) is 64.0 cm³/mol. The van der Waals surface area contributed by atoms with Crippen LogP contribution in [-0.4, -0.2) is 16.9 Å². The molecule has 2 rings (SSSR count). The molecule has 90 valence electrons. The highest BCUT2D eigenvalue weighted by Gasteiger charge is 2.38. The third-order valence-corrected chi connectivity index (χ3v) is 3.58. The first-order chi connectivity index (χ1) is 8.11. The highest BCUT2D eigenvalue weighted by atomic mass is 16.4. The normalized spacial score (nSPS) is 23.6. The van der Waals surface area contributed by atoms with Crippen LogP contribution in [0.15, 0.2) is 24.3 Å². The van der Waals surface area contributed by atoms with Crippen LogP contribution in [0, 0.1) is 18.8 Å². The molecule has 17 heavy (non-hydrogen) atoms. The largest absolute Gasteiger partial charge is 0.481 e. The van der Waals surface area contributed by atoms with Crippen molar-refractivity contribution in [2.45, 2.75) is 26.2 Å². The molecule has 1 aromatic rings. The number of carbonyl (C=O) groups excluding carboxylic acids is 1. The molecule has 3 nitrogen and oxygen atoms in total. The number of ketones is 1. The Bertz CT molecular complexity index is 451. The topological polar surface area (TPSA) is 54.4 Å². The Morgan fingerprint density at radius 3 is 2.47 bits per heavy atom. The minimum atomic E-state index is -0.838. The summed E-state index contributed by atoms with van der Waals surface area (Å²) in [6.45, 7) is 1.89. The molecule has 0 aromatic heterocycles. The minimum absolute atomic E-state index is 0.00648. The number of benzene rings is 1. The molecule has 0 bridgehead atoms. The van der Waals surface area contributed by atoms with Gasteiger partial charge in [0.1, 0.15) is 0 Å². The van der Waals surface area contributed by atoms with Gasteiger partial charge in [-0.1, -0.05) is 30.7 Å². The number of Topliss-reactive ketones (excluding diaryl/α,β-unsaturated/α-hetero) is 1. The van der Waals surface area contributed by atoms with Crippen molar-refractivity contribution in [3.05, 3.63) is 35.4 Å². The van der Waals surface area contributed by atoms with Crippen LogP contribution in [-0.2, 0) is 4.79 Å². The fraction of sp³-hybridized carbons (Fsp3) is 0.429. The van der Waals surface area contributed by atoms with Gasteiger partial charge in [0.2, 0.25) is 0 Å². The van der Waals surface area contributed by atoms with E-state index in [0.29, 0.717) is 18.4 Å². The van der Waals surface area contributed by atoms with Gasteiger partial charge in [0.15, 0.2) is 5.78 Å². The van der Waals surface area contributed by atoms with Gasteiger partial charge < -0.3 is 5.11 Å². The fourth-order valence-corrected chi connectivity index (χ4v) is 2.62. The Hall–Kier alpha value is -1.64. The molecule has 0 aliphatic heterocycles. The van der Waals surface area contributed by atoms with Crippen LogP contribution in [0.25, 0.3) is 0 Å². The quantitative estimate of drug-likeness (QED) is 0.815. The minimum Gasteiger partial charge on any atom is -0.481 e. The first-order valence-electron chi connectivity index (χ1n) is 5.94. The fourth-order valence-electron chi connectivity index (χ4n) is 2.62. The van der Waals surface area contributed by atoms with E-state index in [4.69, 9.17) is 5.11 Å². The van der Waals surface area contributed by atoms with E-state index >= 15 is 0 Å². The van der Waals surface area contributed by atoms with Gasteiger partial charge in [-0.3, -0.25) is 9.59 Å². The molecule has 0 radical (unpaired) electrons. The molecule has 3 heteroatoms. The van der Waals surface area contributed by atoms with Gasteiger partial charge in [-0.05, 0) is 25.3 Å². The van der Waals surface area contributed by atoms with Crippen molar-refractivity contribution < 1.29 is 14.7 Å². The number of aliphatic carboxylic acids is 1. The number of hydrogen-bond donors (Lipinski definition) is 1. The van der Waals surface area contributed by atoms with Crippen molar-refractivity contribution in [3.8, 4) is 0 Å². The number of rotatable bonds is 3. The SMILES string of the molecule is Cc1ccccc1C(=O)[C@H]1CCC[C@@H]1C(=O)O. The average Bonchev–Trinajstić information content (AvgIpc) is 2.77. The maximum atomic E-state index is 12.3. The Morgan fingerprint density at radius 1 is 1.18 bits per heavy atom. The Labute approximate surface area is 100 Å². The standard InChI is InChI=1S/C14H16O3/c1-9-5-2-3-6-10(9)13(15)11-7-4-8-12(11)14(16)17/h2-3,5-6,11-12H,4,7-8H2,1H3,(H,16,17)/t11-,12-/m0/s1. The summed E-state index contributed by atoms with van der Waals surface area (Å²) in [5.41, 5.74) is 1.60. The van der Waals surface area contributed by atoms with E-state index < -0.39 is 11.9 Å². The van der Waals surface area contributed by atoms with E-state index in [1.807, 2.05) is 25.1 Å². The first-order valence-corrected chi connectivity index (χ1v) is 5.94. The summed E-state index contributed by atoms with van der Waals surface area (Å²) in [5.74, 6) is -1.68. The van der Waals surface area contributed by atoms with Crippen molar-refractivity contribution in [1.29, 1.82) is 0 Å². The van der Waals surface area contributed by atoms with Gasteiger partial charge in [0.25, 0.3) is 0 Å². The zero-order valence-electron chi connectivity index (χ0n) is 9.85. The molecule has 1 aliphatic carbocycles. The second-order valence-electron chi connectivity index (χ2n) is 4.66. The summed E-state index contributed by atoms with van der Waals surface area (Å²) in [6.07, 6.45) is 2.15. The summed E-state index contributed by atoms with van der Waals surface area (Å²) in [4.78, 5) is 23.4. The molecule has 1 saturated carbocycles. The lowest BCUT2D eigenvalue weighted by atomic mass is 9.87. The molecule has 0 amide bonds. The van der Waals surface area contributed by atoms with Crippen LogP contribution in [0.3, 0.4) is 0 Å². The molecular formula is C14H16O3. The Balaban J connectivity index is 2.26. The van der Waals surface area contributed by atoms with Gasteiger partial charge in [0.05, 0.1) is 5.92 Å². The van der Waals surface area contributed by atoms with E-state index in [-0.39, 0.29) is 11.7 Å². The third-order valence-electron chi connectivity index (χ3n) is 3.58. The van der Waals surface area contributed by atoms with Crippen molar-refractivity contribution in [2.75, 3.05) is 0 Å². The summed E-state index contributed by atoms with van der Waals surface area (Å²) in [6, 6.07) is 7.38. The number of aryl methyl sites for hydroxylation is 1. The van der Waals surface area contributed by atoms with Crippen LogP contribution < -0.4 is 0 Å². The monoisotopic (exact) mass is 232 g/mol. The molecule has 0 saturated heterocycles. The van der Waals surface area contributed by atoms with E-state index in [1.165, 1.54) is 0 Å². The zero-order valence-corrected chi connectivity index (χ0v) is 9.85. The maximum absolute atomic E-state index is 12.3. The molecule has 1 N–H and O–H groups in total. The highest BCUT2D eigenvalue weighted by Crippen LogP contribution is 2.34.